The Morgan fingerprint density at radius 1 is 1.36 bits per heavy atom. The van der Waals surface area contributed by atoms with Gasteiger partial charge in [-0.15, -0.1) is 0 Å². The predicted molar refractivity (Wildman–Crippen MR) is 81.1 cm³/mol. The minimum atomic E-state index is -0.297. The molecule has 2 aromatic heterocycles. The molecule has 3 heterocycles. The van der Waals surface area contributed by atoms with Gasteiger partial charge in [-0.25, -0.2) is 9.37 Å². The molecule has 0 spiro atoms. The monoisotopic (exact) mass is 302 g/mol. The summed E-state index contributed by atoms with van der Waals surface area (Å²) in [6, 6.07) is 3.95. The van der Waals surface area contributed by atoms with Gasteiger partial charge in [0.05, 0.1) is 24.3 Å². The smallest absolute Gasteiger partial charge is 0.213 e. The van der Waals surface area contributed by atoms with Crippen molar-refractivity contribution in [3.05, 3.63) is 29.7 Å². The molecule has 0 bridgehead atoms. The van der Waals surface area contributed by atoms with Crippen molar-refractivity contribution in [3.8, 4) is 5.88 Å². The van der Waals surface area contributed by atoms with Crippen LogP contribution in [0.1, 0.15) is 5.56 Å². The molecule has 1 saturated carbocycles. The molecule has 0 unspecified atom stereocenters. The molecule has 1 aliphatic carbocycles. The maximum absolute atomic E-state index is 14.2. The van der Waals surface area contributed by atoms with E-state index in [1.165, 1.54) is 6.20 Å². The van der Waals surface area contributed by atoms with E-state index in [1.807, 2.05) is 6.07 Å². The number of nitrogens with two attached hydrogens (primary N) is 1. The Hall–Kier alpha value is -1.79. The van der Waals surface area contributed by atoms with E-state index in [0.717, 1.165) is 19.6 Å². The molecular weight excluding hydrogens is 283 g/mol. The first-order valence-electron chi connectivity index (χ1n) is 7.63. The summed E-state index contributed by atoms with van der Waals surface area (Å²) < 4.78 is 19.3. The number of hydrogen-bond acceptors (Lipinski definition) is 5. The van der Waals surface area contributed by atoms with Crippen molar-refractivity contribution in [1.82, 2.24) is 14.9 Å². The van der Waals surface area contributed by atoms with Gasteiger partial charge >= 0.3 is 0 Å². The van der Waals surface area contributed by atoms with Crippen LogP contribution in [0.3, 0.4) is 0 Å². The Morgan fingerprint density at radius 2 is 2.14 bits per heavy atom. The zero-order chi connectivity index (χ0) is 15.3. The van der Waals surface area contributed by atoms with Crippen LogP contribution in [-0.4, -0.2) is 47.7 Å². The van der Waals surface area contributed by atoms with Crippen LogP contribution in [0.5, 0.6) is 5.88 Å². The van der Waals surface area contributed by atoms with Crippen molar-refractivity contribution in [3.63, 3.8) is 0 Å². The number of pyridine rings is 2. The second-order valence-electron chi connectivity index (χ2n) is 6.22. The van der Waals surface area contributed by atoms with Gasteiger partial charge in [0.2, 0.25) is 5.88 Å². The molecule has 0 amide bonds. The first-order chi connectivity index (χ1) is 10.7. The van der Waals surface area contributed by atoms with Crippen LogP contribution in [0.15, 0.2) is 18.3 Å². The van der Waals surface area contributed by atoms with E-state index in [9.17, 15) is 4.39 Å². The SMILES string of the molecule is COc1ccc2ncc(F)c(CCN3C[C@@H]4[C@@H](N)[C@@H]4C3)c2n1. The van der Waals surface area contributed by atoms with Crippen LogP contribution >= 0.6 is 0 Å². The van der Waals surface area contributed by atoms with E-state index in [4.69, 9.17) is 10.5 Å². The normalized spacial score (nSPS) is 27.1. The van der Waals surface area contributed by atoms with E-state index in [0.29, 0.717) is 46.8 Å². The van der Waals surface area contributed by atoms with Crippen molar-refractivity contribution >= 4 is 11.0 Å². The van der Waals surface area contributed by atoms with Gasteiger partial charge in [0, 0.05) is 37.3 Å². The first-order valence-corrected chi connectivity index (χ1v) is 7.63. The maximum Gasteiger partial charge on any atom is 0.213 e. The molecule has 0 aromatic carbocycles. The fraction of sp³-hybridized carbons (Fsp3) is 0.500. The molecular formula is C16H19FN4O. The molecule has 0 radical (unpaired) electrons. The van der Waals surface area contributed by atoms with E-state index in [2.05, 4.69) is 14.9 Å². The maximum atomic E-state index is 14.2. The van der Waals surface area contributed by atoms with Crippen LogP contribution in [-0.2, 0) is 6.42 Å². The lowest BCUT2D eigenvalue weighted by atomic mass is 10.1. The second kappa shape index (κ2) is 5.14. The first kappa shape index (κ1) is 13.8. The number of hydrogen-bond donors (Lipinski definition) is 1. The van der Waals surface area contributed by atoms with Gasteiger partial charge in [-0.3, -0.25) is 4.98 Å². The third-order valence-electron chi connectivity index (χ3n) is 4.96. The van der Waals surface area contributed by atoms with Gasteiger partial charge in [-0.2, -0.15) is 0 Å². The Bertz CT molecular complexity index is 711. The van der Waals surface area contributed by atoms with E-state index in [-0.39, 0.29) is 5.82 Å². The quantitative estimate of drug-likeness (QED) is 0.919. The fourth-order valence-electron chi connectivity index (χ4n) is 3.54. The van der Waals surface area contributed by atoms with Crippen molar-refractivity contribution in [2.45, 2.75) is 12.5 Å². The highest BCUT2D eigenvalue weighted by molar-refractivity contribution is 5.78. The summed E-state index contributed by atoms with van der Waals surface area (Å²) in [5, 5.41) is 0. The van der Waals surface area contributed by atoms with Gasteiger partial charge in [0.1, 0.15) is 5.82 Å². The van der Waals surface area contributed by atoms with E-state index >= 15 is 0 Å². The van der Waals surface area contributed by atoms with Gasteiger partial charge in [0.25, 0.3) is 0 Å². The molecule has 1 aliphatic heterocycles. The number of ether oxygens (including phenoxy) is 1. The van der Waals surface area contributed by atoms with Crippen molar-refractivity contribution in [2.75, 3.05) is 26.7 Å². The lowest BCUT2D eigenvalue weighted by Gasteiger charge is -2.19. The highest BCUT2D eigenvalue weighted by atomic mass is 19.1. The Kier molecular flexibility index (Phi) is 3.23. The summed E-state index contributed by atoms with van der Waals surface area (Å²) in [6.07, 6.45) is 1.91. The fourth-order valence-corrected chi connectivity index (χ4v) is 3.54. The number of rotatable bonds is 4. The van der Waals surface area contributed by atoms with Crippen LogP contribution in [0, 0.1) is 17.7 Å². The highest BCUT2D eigenvalue weighted by Gasteiger charge is 2.53. The average molecular weight is 302 g/mol. The lowest BCUT2D eigenvalue weighted by molar-refractivity contribution is 0.300. The molecule has 3 atom stereocenters. The summed E-state index contributed by atoms with van der Waals surface area (Å²) in [5.41, 5.74) is 7.87. The molecule has 22 heavy (non-hydrogen) atoms. The Morgan fingerprint density at radius 3 is 2.86 bits per heavy atom. The van der Waals surface area contributed by atoms with Crippen LogP contribution < -0.4 is 10.5 Å². The summed E-state index contributed by atoms with van der Waals surface area (Å²) >= 11 is 0. The highest BCUT2D eigenvalue weighted by Crippen LogP contribution is 2.43. The van der Waals surface area contributed by atoms with Crippen molar-refractivity contribution in [2.24, 2.45) is 17.6 Å². The summed E-state index contributed by atoms with van der Waals surface area (Å²) in [7, 11) is 1.56. The number of fused-ring (bicyclic) bond motifs is 2. The molecule has 6 heteroatoms. The zero-order valence-electron chi connectivity index (χ0n) is 12.5. The molecule has 5 nitrogen and oxygen atoms in total. The van der Waals surface area contributed by atoms with Crippen LogP contribution in [0.25, 0.3) is 11.0 Å². The van der Waals surface area contributed by atoms with Crippen LogP contribution in [0.4, 0.5) is 4.39 Å². The average Bonchev–Trinajstić information content (AvgIpc) is 2.96. The minimum Gasteiger partial charge on any atom is -0.481 e. The Labute approximate surface area is 128 Å². The molecule has 1 saturated heterocycles. The predicted octanol–water partition coefficient (Wildman–Crippen LogP) is 1.21. The van der Waals surface area contributed by atoms with E-state index in [1.54, 1.807) is 13.2 Å². The molecule has 2 N–H and O–H groups in total. The standard InChI is InChI=1S/C16H19FN4O/c1-22-14-3-2-13-16(20-14)9(12(17)6-19-13)4-5-21-7-10-11(8-21)15(10)18/h2-3,6,10-11,15H,4-5,7-8,18H2,1H3/t10-,11+,15+. The third kappa shape index (κ3) is 2.23. The number of piperidine rings is 1. The van der Waals surface area contributed by atoms with Gasteiger partial charge in [-0.1, -0.05) is 0 Å². The Balaban J connectivity index is 1.56. The number of aromatic nitrogens is 2. The molecule has 4 rings (SSSR count). The number of likely N-dealkylation sites (tertiary alicyclic amines) is 1. The number of methoxy groups -OCH3 is 1. The largest absolute Gasteiger partial charge is 0.481 e. The minimum absolute atomic E-state index is 0.297. The molecule has 2 aromatic rings. The zero-order valence-corrected chi connectivity index (χ0v) is 12.5. The molecule has 116 valence electrons. The third-order valence-corrected chi connectivity index (χ3v) is 4.96. The van der Waals surface area contributed by atoms with Crippen molar-refractivity contribution in [1.29, 1.82) is 0 Å². The van der Waals surface area contributed by atoms with Crippen LogP contribution in [0.2, 0.25) is 0 Å². The summed E-state index contributed by atoms with van der Waals surface area (Å²) in [6.45, 7) is 2.90. The van der Waals surface area contributed by atoms with Gasteiger partial charge in [0.15, 0.2) is 0 Å². The van der Waals surface area contributed by atoms with E-state index < -0.39 is 0 Å². The summed E-state index contributed by atoms with van der Waals surface area (Å²) in [5.74, 6) is 1.48. The van der Waals surface area contributed by atoms with Gasteiger partial charge in [-0.05, 0) is 24.3 Å². The lowest BCUT2D eigenvalue weighted by Crippen LogP contribution is -2.30. The number of nitrogens with zero attached hydrogens (tertiary/aromatic N) is 3. The van der Waals surface area contributed by atoms with Gasteiger partial charge < -0.3 is 15.4 Å². The second-order valence-corrected chi connectivity index (χ2v) is 6.22. The molecule has 2 aliphatic rings. The number of halogens is 1. The molecule has 2 fully saturated rings. The summed E-state index contributed by atoms with van der Waals surface area (Å²) in [4.78, 5) is 10.8. The van der Waals surface area contributed by atoms with Crippen molar-refractivity contribution < 1.29 is 9.13 Å². The topological polar surface area (TPSA) is 64.3 Å².